The van der Waals surface area contributed by atoms with E-state index in [2.05, 4.69) is 123 Å². The van der Waals surface area contributed by atoms with E-state index in [-0.39, 0.29) is 7.43 Å². The molecule has 0 heteroatoms. The van der Waals surface area contributed by atoms with Gasteiger partial charge in [0.05, 0.1) is 0 Å². The van der Waals surface area contributed by atoms with Gasteiger partial charge in [0.15, 0.2) is 0 Å². The molecular weight excluding hydrogens is 492 g/mol. The van der Waals surface area contributed by atoms with Crippen LogP contribution in [0.3, 0.4) is 0 Å². The first-order valence-corrected chi connectivity index (χ1v) is 15.2. The predicted octanol–water partition coefficient (Wildman–Crippen LogP) is 13.8. The summed E-state index contributed by atoms with van der Waals surface area (Å²) >= 11 is 0. The van der Waals surface area contributed by atoms with Crippen LogP contribution in [-0.2, 0) is 0 Å². The van der Waals surface area contributed by atoms with Gasteiger partial charge in [0.1, 0.15) is 0 Å². The number of hydrogen-bond acceptors (Lipinski definition) is 0. The second-order valence-electron chi connectivity index (χ2n) is 8.57. The molecule has 0 nitrogen and oxygen atoms in total. The number of rotatable bonds is 2. The first-order valence-electron chi connectivity index (χ1n) is 15.2. The SMILES string of the molecule is C.CC.CC.CC.CC.Cc1c2ccccc2c(C)c2c(-c3ccccc3)c3ccccc3c(-c3ccccc3)c12. The minimum atomic E-state index is 0. The van der Waals surface area contributed by atoms with Crippen molar-refractivity contribution in [3.63, 3.8) is 0 Å². The van der Waals surface area contributed by atoms with Gasteiger partial charge in [0.2, 0.25) is 0 Å². The van der Waals surface area contributed by atoms with Gasteiger partial charge in [0.25, 0.3) is 0 Å². The largest absolute Gasteiger partial charge is 0.0776 e. The molecule has 0 N–H and O–H groups in total. The van der Waals surface area contributed by atoms with Crippen molar-refractivity contribution in [3.05, 3.63) is 120 Å². The second-order valence-corrected chi connectivity index (χ2v) is 8.57. The molecule has 0 unspecified atom stereocenters. The zero-order valence-electron chi connectivity index (χ0n) is 26.4. The molecule has 6 aromatic carbocycles. The molecule has 216 valence electrons. The maximum atomic E-state index is 2.29. The fraction of sp³-hybridized carbons (Fsp3) is 0.268. The van der Waals surface area contributed by atoms with E-state index in [4.69, 9.17) is 0 Å². The average Bonchev–Trinajstić information content (AvgIpc) is 3.07. The van der Waals surface area contributed by atoms with E-state index in [0.717, 1.165) is 0 Å². The summed E-state index contributed by atoms with van der Waals surface area (Å²) in [6.07, 6.45) is 0. The highest BCUT2D eigenvalue weighted by Crippen LogP contribution is 2.47. The van der Waals surface area contributed by atoms with Crippen molar-refractivity contribution < 1.29 is 0 Å². The molecule has 0 radical (unpaired) electrons. The van der Waals surface area contributed by atoms with Crippen molar-refractivity contribution in [2.24, 2.45) is 0 Å². The number of benzene rings is 6. The summed E-state index contributed by atoms with van der Waals surface area (Å²) in [6.45, 7) is 20.6. The minimum absolute atomic E-state index is 0. The Kier molecular flexibility index (Phi) is 15.2. The Labute approximate surface area is 251 Å². The Hall–Kier alpha value is -3.90. The topological polar surface area (TPSA) is 0 Å². The lowest BCUT2D eigenvalue weighted by Crippen LogP contribution is -1.96. The standard InChI is InChI=1S/C32H24.4C2H6.CH4/c1-21-25-17-9-10-18-26(25)22(2)30-29(21)31(23-13-5-3-6-14-23)27-19-11-12-20-28(27)32(30)24-15-7-4-8-16-24;4*1-2;/h3-20H,1-2H3;4*1-2H3;1H4. The van der Waals surface area contributed by atoms with Crippen LogP contribution in [0, 0.1) is 13.8 Å². The molecule has 0 saturated heterocycles. The van der Waals surface area contributed by atoms with Crippen LogP contribution in [0.5, 0.6) is 0 Å². The third-order valence-corrected chi connectivity index (χ3v) is 6.83. The molecule has 0 spiro atoms. The Morgan fingerprint density at radius 1 is 0.317 bits per heavy atom. The Morgan fingerprint density at radius 3 is 0.854 bits per heavy atom. The molecule has 0 aliphatic heterocycles. The van der Waals surface area contributed by atoms with Crippen LogP contribution < -0.4 is 0 Å². The summed E-state index contributed by atoms with van der Waals surface area (Å²) in [5, 5.41) is 8.02. The average molecular weight is 545 g/mol. The highest BCUT2D eigenvalue weighted by molar-refractivity contribution is 6.26. The van der Waals surface area contributed by atoms with Gasteiger partial charge in [-0.25, -0.2) is 0 Å². The van der Waals surface area contributed by atoms with Crippen LogP contribution in [-0.4, -0.2) is 0 Å². The lowest BCUT2D eigenvalue weighted by molar-refractivity contribution is 1.50. The van der Waals surface area contributed by atoms with Gasteiger partial charge in [-0.05, 0) is 79.5 Å². The summed E-state index contributed by atoms with van der Waals surface area (Å²) in [6, 6.07) is 39.5. The summed E-state index contributed by atoms with van der Waals surface area (Å²) in [5.41, 5.74) is 7.91. The molecule has 0 heterocycles. The van der Waals surface area contributed by atoms with Gasteiger partial charge in [-0.2, -0.15) is 0 Å². The Morgan fingerprint density at radius 2 is 0.561 bits per heavy atom. The highest BCUT2D eigenvalue weighted by Gasteiger charge is 2.21. The van der Waals surface area contributed by atoms with E-state index in [1.807, 2.05) is 55.4 Å². The zero-order chi connectivity index (χ0) is 29.7. The van der Waals surface area contributed by atoms with Crippen molar-refractivity contribution in [2.75, 3.05) is 0 Å². The monoisotopic (exact) mass is 544 g/mol. The summed E-state index contributed by atoms with van der Waals surface area (Å²) in [5.74, 6) is 0. The van der Waals surface area contributed by atoms with Crippen molar-refractivity contribution in [1.29, 1.82) is 0 Å². The Bertz CT molecular complexity index is 1480. The maximum Gasteiger partial charge on any atom is -0.00234 e. The molecule has 0 amide bonds. The zero-order valence-corrected chi connectivity index (χ0v) is 26.4. The third kappa shape index (κ3) is 6.88. The maximum absolute atomic E-state index is 2.29. The molecule has 0 bridgehead atoms. The van der Waals surface area contributed by atoms with E-state index < -0.39 is 0 Å². The summed E-state index contributed by atoms with van der Waals surface area (Å²) in [7, 11) is 0. The van der Waals surface area contributed by atoms with Crippen LogP contribution in [0.2, 0.25) is 0 Å². The molecule has 0 aliphatic rings. The van der Waals surface area contributed by atoms with Crippen molar-refractivity contribution in [1.82, 2.24) is 0 Å². The molecule has 0 atom stereocenters. The third-order valence-electron chi connectivity index (χ3n) is 6.83. The van der Waals surface area contributed by atoms with Gasteiger partial charge >= 0.3 is 0 Å². The Balaban J connectivity index is 0.000000864. The fourth-order valence-corrected chi connectivity index (χ4v) is 5.40. The molecular formula is C41H52. The van der Waals surface area contributed by atoms with Gasteiger partial charge < -0.3 is 0 Å². The van der Waals surface area contributed by atoms with Crippen molar-refractivity contribution >= 4 is 32.3 Å². The van der Waals surface area contributed by atoms with E-state index in [0.29, 0.717) is 0 Å². The quantitative estimate of drug-likeness (QED) is 0.190. The molecule has 0 fully saturated rings. The van der Waals surface area contributed by atoms with Crippen LogP contribution in [0.1, 0.15) is 73.9 Å². The van der Waals surface area contributed by atoms with E-state index in [9.17, 15) is 0 Å². The van der Waals surface area contributed by atoms with Crippen molar-refractivity contribution in [2.45, 2.75) is 76.7 Å². The molecule has 0 saturated carbocycles. The predicted molar refractivity (Wildman–Crippen MR) is 191 cm³/mol. The molecule has 41 heavy (non-hydrogen) atoms. The van der Waals surface area contributed by atoms with Gasteiger partial charge in [-0.15, -0.1) is 0 Å². The fourth-order valence-electron chi connectivity index (χ4n) is 5.40. The van der Waals surface area contributed by atoms with Gasteiger partial charge in [-0.1, -0.05) is 172 Å². The molecule has 0 aliphatic carbocycles. The highest BCUT2D eigenvalue weighted by atomic mass is 14.2. The lowest BCUT2D eigenvalue weighted by Gasteiger charge is -2.22. The normalized spacial score (nSPS) is 9.51. The second kappa shape index (κ2) is 17.7. The van der Waals surface area contributed by atoms with Crippen LogP contribution in [0.4, 0.5) is 0 Å². The summed E-state index contributed by atoms with van der Waals surface area (Å²) in [4.78, 5) is 0. The smallest absolute Gasteiger partial charge is 0.00234 e. The van der Waals surface area contributed by atoms with Crippen LogP contribution >= 0.6 is 0 Å². The molecule has 6 rings (SSSR count). The lowest BCUT2D eigenvalue weighted by atomic mass is 9.81. The molecule has 6 aromatic rings. The van der Waals surface area contributed by atoms with Gasteiger partial charge in [0, 0.05) is 0 Å². The van der Waals surface area contributed by atoms with E-state index in [1.165, 1.54) is 65.7 Å². The number of hydrogen-bond donors (Lipinski definition) is 0. The number of aryl methyl sites for hydroxylation is 2. The van der Waals surface area contributed by atoms with Crippen LogP contribution in [0.25, 0.3) is 54.6 Å². The van der Waals surface area contributed by atoms with E-state index >= 15 is 0 Å². The molecule has 0 aromatic heterocycles. The minimum Gasteiger partial charge on any atom is -0.0776 e. The first-order chi connectivity index (χ1) is 19.8. The van der Waals surface area contributed by atoms with Gasteiger partial charge in [-0.3, -0.25) is 0 Å². The summed E-state index contributed by atoms with van der Waals surface area (Å²) < 4.78 is 0. The number of fused-ring (bicyclic) bond motifs is 3. The van der Waals surface area contributed by atoms with Crippen molar-refractivity contribution in [3.8, 4) is 22.3 Å². The first kappa shape index (κ1) is 35.1. The van der Waals surface area contributed by atoms with Crippen LogP contribution in [0.15, 0.2) is 109 Å². The van der Waals surface area contributed by atoms with E-state index in [1.54, 1.807) is 0 Å².